The van der Waals surface area contributed by atoms with Gasteiger partial charge in [-0.15, -0.1) is 0 Å². The lowest BCUT2D eigenvalue weighted by atomic mass is 9.78. The maximum Gasteiger partial charge on any atom is 0.274 e. The van der Waals surface area contributed by atoms with Gasteiger partial charge in [-0.25, -0.2) is 4.39 Å². The first-order valence-electron chi connectivity index (χ1n) is 11.3. The fourth-order valence-electron chi connectivity index (χ4n) is 4.87. The zero-order valence-corrected chi connectivity index (χ0v) is 18.5. The van der Waals surface area contributed by atoms with Crippen LogP contribution in [0.3, 0.4) is 0 Å². The lowest BCUT2D eigenvalue weighted by Gasteiger charge is -2.35. The number of amides is 1. The van der Waals surface area contributed by atoms with Gasteiger partial charge in [-0.1, -0.05) is 0 Å². The Kier molecular flexibility index (Phi) is 4.42. The number of nitrogens with zero attached hydrogens (tertiary/aromatic N) is 3. The number of pyridine rings is 1. The predicted molar refractivity (Wildman–Crippen MR) is 120 cm³/mol. The minimum absolute atomic E-state index is 0.0998. The van der Waals surface area contributed by atoms with Crippen LogP contribution in [-0.2, 0) is 10.3 Å². The van der Waals surface area contributed by atoms with Crippen LogP contribution in [-0.4, -0.2) is 45.2 Å². The molecule has 0 radical (unpaired) electrons. The van der Waals surface area contributed by atoms with Crippen LogP contribution in [0.15, 0.2) is 41.5 Å². The van der Waals surface area contributed by atoms with Gasteiger partial charge in [-0.05, 0) is 32.0 Å². The number of anilines is 1. The molecule has 4 fully saturated rings. The summed E-state index contributed by atoms with van der Waals surface area (Å²) in [5.41, 5.74) is 0.632. The lowest BCUT2D eigenvalue weighted by Crippen LogP contribution is -2.43. The van der Waals surface area contributed by atoms with Crippen LogP contribution in [0.5, 0.6) is 5.75 Å². The number of aromatic nitrogens is 3. The fourth-order valence-corrected chi connectivity index (χ4v) is 4.87. The first kappa shape index (κ1) is 20.4. The van der Waals surface area contributed by atoms with E-state index < -0.39 is 23.7 Å². The molecule has 1 amide bonds. The summed E-state index contributed by atoms with van der Waals surface area (Å²) in [5, 5.41) is 8.26. The van der Waals surface area contributed by atoms with Gasteiger partial charge in [0.2, 0.25) is 0 Å². The van der Waals surface area contributed by atoms with Crippen molar-refractivity contribution in [1.82, 2.24) is 14.3 Å². The standard InChI is InChI=1S/C24H25FN4O4/c1-13(2)33-21-8-19-14(11-29(27-19)24-9-15(10-24)32-12-24)6-16(21)22(30)26-18-4-3-5-28(23(18)31)20-7-17(20)25/h3-6,8,11,13,15,17,20H,7,9-10,12H2,1-2H3,(H,26,30)/t15?,17-,20+,24?/m1/s1. The van der Waals surface area contributed by atoms with Crippen LogP contribution >= 0.6 is 0 Å². The fraction of sp³-hybridized carbons (Fsp3) is 0.458. The first-order valence-corrected chi connectivity index (χ1v) is 11.3. The van der Waals surface area contributed by atoms with Crippen molar-refractivity contribution in [3.05, 3.63) is 52.6 Å². The maximum absolute atomic E-state index is 13.5. The van der Waals surface area contributed by atoms with Gasteiger partial charge in [-0.3, -0.25) is 14.3 Å². The highest BCUT2D eigenvalue weighted by Crippen LogP contribution is 2.48. The minimum atomic E-state index is -1.02. The number of hydrogen-bond donors (Lipinski definition) is 1. The van der Waals surface area contributed by atoms with Crippen molar-refractivity contribution in [2.75, 3.05) is 11.9 Å². The van der Waals surface area contributed by atoms with Crippen molar-refractivity contribution < 1.29 is 18.7 Å². The zero-order valence-electron chi connectivity index (χ0n) is 18.5. The van der Waals surface area contributed by atoms with Gasteiger partial charge in [-0.2, -0.15) is 5.10 Å². The maximum atomic E-state index is 13.5. The molecule has 2 aliphatic heterocycles. The van der Waals surface area contributed by atoms with Crippen molar-refractivity contribution in [1.29, 1.82) is 0 Å². The molecule has 2 aliphatic carbocycles. The Morgan fingerprint density at radius 1 is 1.36 bits per heavy atom. The summed E-state index contributed by atoms with van der Waals surface area (Å²) in [6, 6.07) is 6.22. The van der Waals surface area contributed by atoms with Crippen molar-refractivity contribution in [3.8, 4) is 5.75 Å². The Morgan fingerprint density at radius 2 is 2.15 bits per heavy atom. The number of hydrogen-bond acceptors (Lipinski definition) is 5. The number of ether oxygens (including phenoxy) is 2. The van der Waals surface area contributed by atoms with Crippen LogP contribution < -0.4 is 15.6 Å². The predicted octanol–water partition coefficient (Wildman–Crippen LogP) is 3.41. The van der Waals surface area contributed by atoms with E-state index in [9.17, 15) is 14.0 Å². The number of alkyl halides is 1. The van der Waals surface area contributed by atoms with E-state index in [2.05, 4.69) is 5.32 Å². The minimum Gasteiger partial charge on any atom is -0.490 e. The molecule has 2 saturated carbocycles. The number of rotatable bonds is 6. The van der Waals surface area contributed by atoms with Gasteiger partial charge in [0.15, 0.2) is 0 Å². The monoisotopic (exact) mass is 452 g/mol. The second-order valence-electron chi connectivity index (χ2n) is 9.62. The van der Waals surface area contributed by atoms with E-state index in [1.165, 1.54) is 10.6 Å². The molecule has 2 aromatic heterocycles. The Morgan fingerprint density at radius 3 is 2.82 bits per heavy atom. The molecule has 9 heteroatoms. The van der Waals surface area contributed by atoms with E-state index in [-0.39, 0.29) is 17.3 Å². The highest BCUT2D eigenvalue weighted by molar-refractivity contribution is 6.08. The summed E-state index contributed by atoms with van der Waals surface area (Å²) in [6.45, 7) is 4.41. The molecule has 0 spiro atoms. The summed E-state index contributed by atoms with van der Waals surface area (Å²) in [4.78, 5) is 26.0. The smallest absolute Gasteiger partial charge is 0.274 e. The largest absolute Gasteiger partial charge is 0.490 e. The number of fused-ring (bicyclic) bond motifs is 2. The molecule has 172 valence electrons. The number of carbonyl (C=O) groups is 1. The van der Waals surface area contributed by atoms with Gasteiger partial charge >= 0.3 is 0 Å². The number of nitrogens with one attached hydrogen (secondary N) is 1. The molecule has 0 unspecified atom stereocenters. The summed E-state index contributed by atoms with van der Waals surface area (Å²) in [7, 11) is 0. The normalized spacial score (nSPS) is 27.6. The number of benzene rings is 1. The van der Waals surface area contributed by atoms with Gasteiger partial charge in [0.1, 0.15) is 17.6 Å². The van der Waals surface area contributed by atoms with Crippen molar-refractivity contribution in [3.63, 3.8) is 0 Å². The van der Waals surface area contributed by atoms with E-state index in [4.69, 9.17) is 14.6 Å². The molecule has 4 aliphatic rings. The highest BCUT2D eigenvalue weighted by Gasteiger charge is 2.54. The first-order chi connectivity index (χ1) is 15.8. The highest BCUT2D eigenvalue weighted by atomic mass is 19.1. The summed E-state index contributed by atoms with van der Waals surface area (Å²) in [6.07, 6.45) is 4.85. The summed E-state index contributed by atoms with van der Waals surface area (Å²) >= 11 is 0. The molecular formula is C24H25FN4O4. The Labute approximate surface area is 189 Å². The second-order valence-corrected chi connectivity index (χ2v) is 9.62. The lowest BCUT2D eigenvalue weighted by molar-refractivity contribution is 0.102. The molecule has 7 rings (SSSR count). The van der Waals surface area contributed by atoms with Crippen molar-refractivity contribution in [2.24, 2.45) is 0 Å². The van der Waals surface area contributed by atoms with Crippen LogP contribution in [0.25, 0.3) is 10.9 Å². The van der Waals surface area contributed by atoms with E-state index >= 15 is 0 Å². The molecule has 33 heavy (non-hydrogen) atoms. The van der Waals surface area contributed by atoms with Gasteiger partial charge < -0.3 is 19.4 Å². The molecule has 2 saturated heterocycles. The van der Waals surface area contributed by atoms with Crippen LogP contribution in [0.2, 0.25) is 0 Å². The molecule has 2 atom stereocenters. The molecule has 1 N–H and O–H groups in total. The van der Waals surface area contributed by atoms with E-state index in [1.807, 2.05) is 24.7 Å². The van der Waals surface area contributed by atoms with E-state index in [1.54, 1.807) is 24.4 Å². The molecule has 1 aromatic carbocycles. The molecule has 3 aromatic rings. The average Bonchev–Trinajstić information content (AvgIpc) is 3.13. The Balaban J connectivity index is 1.35. The van der Waals surface area contributed by atoms with E-state index in [0.717, 1.165) is 23.7 Å². The third-order valence-corrected chi connectivity index (χ3v) is 6.76. The Hall–Kier alpha value is -3.20. The molecular weight excluding hydrogens is 427 g/mol. The van der Waals surface area contributed by atoms with Gasteiger partial charge in [0.05, 0.1) is 41.5 Å². The van der Waals surface area contributed by atoms with Crippen LogP contribution in [0.1, 0.15) is 49.5 Å². The molecule has 2 bridgehead atoms. The molecule has 8 nitrogen and oxygen atoms in total. The third kappa shape index (κ3) is 3.33. The quantitative estimate of drug-likeness (QED) is 0.619. The summed E-state index contributed by atoms with van der Waals surface area (Å²) in [5.74, 6) is -0.0667. The van der Waals surface area contributed by atoms with Crippen LogP contribution in [0, 0.1) is 0 Å². The molecule has 4 heterocycles. The van der Waals surface area contributed by atoms with Crippen molar-refractivity contribution in [2.45, 2.75) is 63.1 Å². The third-order valence-electron chi connectivity index (χ3n) is 6.76. The SMILES string of the molecule is CC(C)Oc1cc2nn(C34COC(C3)C4)cc2cc1C(=O)Nc1cccn([C@H]2C[C@H]2F)c1=O. The Bertz CT molecular complexity index is 1320. The zero-order chi connectivity index (χ0) is 22.9. The van der Waals surface area contributed by atoms with Gasteiger partial charge in [0.25, 0.3) is 11.5 Å². The second kappa shape index (κ2) is 7.15. The van der Waals surface area contributed by atoms with Gasteiger partial charge in [0, 0.05) is 43.1 Å². The topological polar surface area (TPSA) is 87.4 Å². The summed E-state index contributed by atoms with van der Waals surface area (Å²) < 4.78 is 28.4. The number of halogens is 1. The van der Waals surface area contributed by atoms with Crippen molar-refractivity contribution >= 4 is 22.5 Å². The van der Waals surface area contributed by atoms with Crippen LogP contribution in [0.4, 0.5) is 10.1 Å². The van der Waals surface area contributed by atoms with E-state index in [0.29, 0.717) is 30.4 Å². The average molecular weight is 452 g/mol. The number of carbonyl (C=O) groups excluding carboxylic acids is 1.